The molecule has 21 heavy (non-hydrogen) atoms. The van der Waals surface area contributed by atoms with Gasteiger partial charge in [0.25, 0.3) is 0 Å². The lowest BCUT2D eigenvalue weighted by Gasteiger charge is -2.05. The number of benzene rings is 2. The maximum Gasteiger partial charge on any atom is 0.139 e. The first kappa shape index (κ1) is 13.6. The van der Waals surface area contributed by atoms with Gasteiger partial charge < -0.3 is 4.57 Å². The van der Waals surface area contributed by atoms with Gasteiger partial charge in [-0.05, 0) is 30.0 Å². The molecule has 0 fully saturated rings. The van der Waals surface area contributed by atoms with Crippen molar-refractivity contribution in [3.05, 3.63) is 71.9 Å². The zero-order valence-electron chi connectivity index (χ0n) is 12.3. The lowest BCUT2D eigenvalue weighted by Crippen LogP contribution is -2.07. The molecule has 0 spiro atoms. The molecule has 1 aromatic heterocycles. The van der Waals surface area contributed by atoms with Crippen LogP contribution in [0.5, 0.6) is 0 Å². The lowest BCUT2D eigenvalue weighted by atomic mass is 10.1. The zero-order valence-corrected chi connectivity index (χ0v) is 12.3. The van der Waals surface area contributed by atoms with Crippen molar-refractivity contribution in [3.8, 4) is 0 Å². The monoisotopic (exact) mass is 277 g/mol. The molecule has 0 bridgehead atoms. The van der Waals surface area contributed by atoms with Gasteiger partial charge in [0.05, 0.1) is 0 Å². The molecular weight excluding hydrogens is 258 g/mol. The van der Waals surface area contributed by atoms with Crippen LogP contribution in [0.2, 0.25) is 0 Å². The third-order valence-corrected chi connectivity index (χ3v) is 3.83. The van der Waals surface area contributed by atoms with Crippen LogP contribution >= 0.6 is 0 Å². The predicted octanol–water partition coefficient (Wildman–Crippen LogP) is 4.15. The standard InChI is InChI=1S/C19H19NO/c1-15-6-8-16(9-7-15)14-18(21)11-13-20-12-10-17-4-2-3-5-19(17)20/h2-10,12H,11,13-14H2,1H3. The van der Waals surface area contributed by atoms with Crippen molar-refractivity contribution in [2.45, 2.75) is 26.3 Å². The first-order valence-electron chi connectivity index (χ1n) is 7.33. The van der Waals surface area contributed by atoms with E-state index in [-0.39, 0.29) is 5.78 Å². The number of Topliss-reactive ketones (excluding diaryl/α,β-unsaturated/α-hetero) is 1. The number of ketones is 1. The van der Waals surface area contributed by atoms with E-state index in [1.165, 1.54) is 16.5 Å². The first-order chi connectivity index (χ1) is 10.2. The molecule has 0 aliphatic carbocycles. The maximum atomic E-state index is 12.1. The largest absolute Gasteiger partial charge is 0.347 e. The molecule has 2 heteroatoms. The Balaban J connectivity index is 1.62. The van der Waals surface area contributed by atoms with Crippen LogP contribution in [-0.2, 0) is 17.8 Å². The minimum absolute atomic E-state index is 0.289. The van der Waals surface area contributed by atoms with Crippen LogP contribution in [0.15, 0.2) is 60.8 Å². The van der Waals surface area contributed by atoms with Gasteiger partial charge in [0.15, 0.2) is 0 Å². The summed E-state index contributed by atoms with van der Waals surface area (Å²) < 4.78 is 2.16. The van der Waals surface area contributed by atoms with Crippen molar-refractivity contribution < 1.29 is 4.79 Å². The lowest BCUT2D eigenvalue weighted by molar-refractivity contribution is -0.118. The second-order valence-electron chi connectivity index (χ2n) is 5.52. The molecule has 2 aromatic carbocycles. The molecule has 106 valence electrons. The molecule has 2 nitrogen and oxygen atoms in total. The van der Waals surface area contributed by atoms with Crippen molar-refractivity contribution in [2.75, 3.05) is 0 Å². The van der Waals surface area contributed by atoms with E-state index < -0.39 is 0 Å². The number of carbonyl (C=O) groups is 1. The molecule has 3 rings (SSSR count). The van der Waals surface area contributed by atoms with Gasteiger partial charge in [-0.3, -0.25) is 4.79 Å². The number of para-hydroxylation sites is 1. The van der Waals surface area contributed by atoms with E-state index >= 15 is 0 Å². The average molecular weight is 277 g/mol. The van der Waals surface area contributed by atoms with Gasteiger partial charge in [-0.1, -0.05) is 48.0 Å². The van der Waals surface area contributed by atoms with Gasteiger partial charge in [0.2, 0.25) is 0 Å². The molecule has 0 aliphatic rings. The Morgan fingerprint density at radius 1 is 1.00 bits per heavy atom. The Morgan fingerprint density at radius 3 is 2.57 bits per heavy atom. The van der Waals surface area contributed by atoms with Crippen molar-refractivity contribution in [3.63, 3.8) is 0 Å². The first-order valence-corrected chi connectivity index (χ1v) is 7.33. The van der Waals surface area contributed by atoms with Gasteiger partial charge in [-0.15, -0.1) is 0 Å². The van der Waals surface area contributed by atoms with Crippen LogP contribution in [-0.4, -0.2) is 10.4 Å². The van der Waals surface area contributed by atoms with E-state index in [2.05, 4.69) is 48.0 Å². The van der Waals surface area contributed by atoms with E-state index in [4.69, 9.17) is 0 Å². The zero-order chi connectivity index (χ0) is 14.7. The third kappa shape index (κ3) is 3.22. The van der Waals surface area contributed by atoms with Gasteiger partial charge >= 0.3 is 0 Å². The molecule has 0 radical (unpaired) electrons. The highest BCUT2D eigenvalue weighted by Crippen LogP contribution is 2.15. The Hall–Kier alpha value is -2.35. The molecule has 3 aromatic rings. The van der Waals surface area contributed by atoms with E-state index in [1.807, 2.05) is 24.3 Å². The highest BCUT2D eigenvalue weighted by Gasteiger charge is 2.06. The minimum Gasteiger partial charge on any atom is -0.347 e. The molecular formula is C19H19NO. The van der Waals surface area contributed by atoms with E-state index in [9.17, 15) is 4.79 Å². The van der Waals surface area contributed by atoms with Crippen LogP contribution in [0.25, 0.3) is 10.9 Å². The topological polar surface area (TPSA) is 22.0 Å². The van der Waals surface area contributed by atoms with Gasteiger partial charge in [0.1, 0.15) is 5.78 Å². The van der Waals surface area contributed by atoms with Gasteiger partial charge in [-0.25, -0.2) is 0 Å². The van der Waals surface area contributed by atoms with Crippen molar-refractivity contribution in [1.82, 2.24) is 4.57 Å². The van der Waals surface area contributed by atoms with Crippen LogP contribution in [0.1, 0.15) is 17.5 Å². The number of aromatic nitrogens is 1. The van der Waals surface area contributed by atoms with E-state index in [0.29, 0.717) is 12.8 Å². The SMILES string of the molecule is Cc1ccc(CC(=O)CCn2ccc3ccccc32)cc1. The number of aryl methyl sites for hydroxylation is 2. The molecule has 0 N–H and O–H groups in total. The van der Waals surface area contributed by atoms with Crippen molar-refractivity contribution >= 4 is 16.7 Å². The normalized spacial score (nSPS) is 10.9. The van der Waals surface area contributed by atoms with Gasteiger partial charge in [0, 0.05) is 31.1 Å². The van der Waals surface area contributed by atoms with Crippen molar-refractivity contribution in [1.29, 1.82) is 0 Å². The number of hydrogen-bond donors (Lipinski definition) is 0. The summed E-state index contributed by atoms with van der Waals surface area (Å²) in [5, 5.41) is 1.23. The summed E-state index contributed by atoms with van der Waals surface area (Å²) in [5.74, 6) is 0.289. The summed E-state index contributed by atoms with van der Waals surface area (Å²) in [6.45, 7) is 2.81. The van der Waals surface area contributed by atoms with Crippen LogP contribution in [0.3, 0.4) is 0 Å². The number of hydrogen-bond acceptors (Lipinski definition) is 1. The maximum absolute atomic E-state index is 12.1. The summed E-state index contributed by atoms with van der Waals surface area (Å²) in [7, 11) is 0. The number of rotatable bonds is 5. The highest BCUT2D eigenvalue weighted by atomic mass is 16.1. The molecule has 0 unspecified atom stereocenters. The summed E-state index contributed by atoms with van der Waals surface area (Å²) in [6, 6.07) is 18.6. The van der Waals surface area contributed by atoms with E-state index in [1.54, 1.807) is 0 Å². The summed E-state index contributed by atoms with van der Waals surface area (Å²) >= 11 is 0. The number of carbonyl (C=O) groups excluding carboxylic acids is 1. The fourth-order valence-electron chi connectivity index (χ4n) is 2.60. The molecule has 1 heterocycles. The Morgan fingerprint density at radius 2 is 1.76 bits per heavy atom. The second-order valence-corrected chi connectivity index (χ2v) is 5.52. The molecule has 0 aliphatic heterocycles. The van der Waals surface area contributed by atoms with Gasteiger partial charge in [-0.2, -0.15) is 0 Å². The summed E-state index contributed by atoms with van der Waals surface area (Å²) in [6.07, 6.45) is 3.16. The molecule has 0 saturated heterocycles. The Labute approximate surface area is 125 Å². The van der Waals surface area contributed by atoms with Crippen LogP contribution in [0, 0.1) is 6.92 Å². The highest BCUT2D eigenvalue weighted by molar-refractivity contribution is 5.82. The predicted molar refractivity (Wildman–Crippen MR) is 86.4 cm³/mol. The Bertz CT molecular complexity index is 753. The molecule has 0 saturated carbocycles. The van der Waals surface area contributed by atoms with Crippen molar-refractivity contribution in [2.24, 2.45) is 0 Å². The average Bonchev–Trinajstić information content (AvgIpc) is 2.91. The Kier molecular flexibility index (Phi) is 3.87. The summed E-state index contributed by atoms with van der Waals surface area (Å²) in [4.78, 5) is 12.1. The smallest absolute Gasteiger partial charge is 0.139 e. The molecule has 0 atom stereocenters. The third-order valence-electron chi connectivity index (χ3n) is 3.83. The van der Waals surface area contributed by atoms with Crippen LogP contribution < -0.4 is 0 Å². The number of fused-ring (bicyclic) bond motifs is 1. The quantitative estimate of drug-likeness (QED) is 0.686. The minimum atomic E-state index is 0.289. The fraction of sp³-hybridized carbons (Fsp3) is 0.211. The van der Waals surface area contributed by atoms with E-state index in [0.717, 1.165) is 12.1 Å². The molecule has 0 amide bonds. The summed E-state index contributed by atoms with van der Waals surface area (Å²) in [5.41, 5.74) is 3.52. The number of nitrogens with zero attached hydrogens (tertiary/aromatic N) is 1. The van der Waals surface area contributed by atoms with Crippen LogP contribution in [0.4, 0.5) is 0 Å². The second kappa shape index (κ2) is 5.96. The fourth-order valence-corrected chi connectivity index (χ4v) is 2.60.